The third-order valence-corrected chi connectivity index (χ3v) is 5.56. The molecule has 0 spiro atoms. The van der Waals surface area contributed by atoms with Crippen LogP contribution in [0.2, 0.25) is 0 Å². The van der Waals surface area contributed by atoms with E-state index in [9.17, 15) is 14.2 Å². The molecule has 0 radical (unpaired) electrons. The molecule has 1 atom stereocenters. The maximum absolute atomic E-state index is 12.7. The van der Waals surface area contributed by atoms with Gasteiger partial charge in [-0.05, 0) is 40.1 Å². The van der Waals surface area contributed by atoms with E-state index in [1.807, 2.05) is 32.6 Å². The molecule has 0 aromatic rings. The molecule has 0 bridgehead atoms. The van der Waals surface area contributed by atoms with Crippen LogP contribution in [0.3, 0.4) is 0 Å². The third-order valence-electron chi connectivity index (χ3n) is 3.84. The smallest absolute Gasteiger partial charge is 0.326 e. The summed E-state index contributed by atoms with van der Waals surface area (Å²) in [6.07, 6.45) is 4.30. The van der Waals surface area contributed by atoms with Gasteiger partial charge in [-0.15, -0.1) is 0 Å². The molecular formula is C20H38N3O5P. The van der Waals surface area contributed by atoms with Crippen LogP contribution in [0.4, 0.5) is 0 Å². The summed E-state index contributed by atoms with van der Waals surface area (Å²) in [5.41, 5.74) is -0.547. The van der Waals surface area contributed by atoms with Crippen molar-refractivity contribution in [3.63, 3.8) is 0 Å². The lowest BCUT2D eigenvalue weighted by molar-refractivity contribution is -0.155. The monoisotopic (exact) mass is 431 g/mol. The fourth-order valence-electron chi connectivity index (χ4n) is 2.60. The Bertz CT molecular complexity index is 577. The maximum atomic E-state index is 12.7. The van der Waals surface area contributed by atoms with Crippen LogP contribution in [0.1, 0.15) is 27.7 Å². The molecule has 9 heteroatoms. The maximum Gasteiger partial charge on any atom is 0.326 e. The van der Waals surface area contributed by atoms with Crippen molar-refractivity contribution in [1.82, 2.24) is 14.7 Å². The average molecular weight is 432 g/mol. The highest BCUT2D eigenvalue weighted by Crippen LogP contribution is 2.42. The van der Waals surface area contributed by atoms with E-state index in [1.54, 1.807) is 28.9 Å². The summed E-state index contributed by atoms with van der Waals surface area (Å²) in [4.78, 5) is 28.4. The summed E-state index contributed by atoms with van der Waals surface area (Å²) in [6.45, 7) is 19.3. The number of hydrogen-bond donors (Lipinski definition) is 0. The van der Waals surface area contributed by atoms with E-state index in [0.29, 0.717) is 32.8 Å². The summed E-state index contributed by atoms with van der Waals surface area (Å²) in [7, 11) is -2.78. The van der Waals surface area contributed by atoms with Crippen molar-refractivity contribution in [2.45, 2.75) is 33.3 Å². The Balaban J connectivity index is 4.95. The normalized spacial score (nSPS) is 13.4. The van der Waals surface area contributed by atoms with Crippen LogP contribution in [0.5, 0.6) is 0 Å². The van der Waals surface area contributed by atoms with Crippen molar-refractivity contribution in [3.05, 3.63) is 25.6 Å². The fraction of sp³-hybridized carbons (Fsp3) is 0.700. The summed E-state index contributed by atoms with van der Waals surface area (Å²) >= 11 is 0. The predicted molar refractivity (Wildman–Crippen MR) is 117 cm³/mol. The number of nitrogens with zero attached hydrogens (tertiary/aromatic N) is 3. The van der Waals surface area contributed by atoms with Gasteiger partial charge in [-0.2, -0.15) is 0 Å². The molecule has 168 valence electrons. The Hall–Kier alpha value is -1.63. The van der Waals surface area contributed by atoms with Gasteiger partial charge in [-0.1, -0.05) is 13.2 Å². The minimum Gasteiger partial charge on any atom is -0.459 e. The van der Waals surface area contributed by atoms with Crippen molar-refractivity contribution >= 4 is 19.6 Å². The van der Waals surface area contributed by atoms with E-state index < -0.39 is 13.0 Å². The van der Waals surface area contributed by atoms with Gasteiger partial charge in [0.15, 0.2) is 0 Å². The van der Waals surface area contributed by atoms with Crippen molar-refractivity contribution in [2.75, 3.05) is 58.8 Å². The highest BCUT2D eigenvalue weighted by Gasteiger charge is 2.22. The quantitative estimate of drug-likeness (QED) is 0.210. The van der Waals surface area contributed by atoms with Crippen molar-refractivity contribution in [3.8, 4) is 0 Å². The molecule has 1 unspecified atom stereocenters. The van der Waals surface area contributed by atoms with Gasteiger partial charge >= 0.3 is 5.97 Å². The van der Waals surface area contributed by atoms with Crippen LogP contribution in [-0.4, -0.2) is 91.4 Å². The van der Waals surface area contributed by atoms with Crippen molar-refractivity contribution < 1.29 is 23.4 Å². The highest BCUT2D eigenvalue weighted by molar-refractivity contribution is 7.58. The van der Waals surface area contributed by atoms with E-state index in [1.165, 1.54) is 0 Å². The zero-order valence-electron chi connectivity index (χ0n) is 18.6. The summed E-state index contributed by atoms with van der Waals surface area (Å²) in [5.74, 6) is -0.330. The standard InChI is InChI=1S/C20H38N3O5P/c1-8-21(15-16-24)11-13-23(18-29(7,26)27-10-3)14-12-22(9-2)17-19(25)28-20(4,5)6/h8-9,16H,1-2,10-15,17-18H2,3-7H3. The van der Waals surface area contributed by atoms with Crippen molar-refractivity contribution in [2.24, 2.45) is 0 Å². The molecule has 0 heterocycles. The Kier molecular flexibility index (Phi) is 12.8. The number of hydrogen-bond acceptors (Lipinski definition) is 8. The van der Waals surface area contributed by atoms with E-state index in [-0.39, 0.29) is 25.3 Å². The SMILES string of the molecule is C=CN(CC=O)CCN(CCN(C=C)CC(=O)OC(C)(C)C)CP(C)(=O)OCC. The first kappa shape index (κ1) is 27.4. The Morgan fingerprint density at radius 1 is 1.07 bits per heavy atom. The van der Waals surface area contributed by atoms with Gasteiger partial charge < -0.3 is 23.9 Å². The molecule has 29 heavy (non-hydrogen) atoms. The zero-order valence-corrected chi connectivity index (χ0v) is 19.5. The number of rotatable bonds is 16. The van der Waals surface area contributed by atoms with Gasteiger partial charge in [-0.3, -0.25) is 14.3 Å². The second-order valence-electron chi connectivity index (χ2n) is 7.78. The van der Waals surface area contributed by atoms with Gasteiger partial charge in [0.1, 0.15) is 18.4 Å². The lowest BCUT2D eigenvalue weighted by atomic mass is 10.2. The summed E-state index contributed by atoms with van der Waals surface area (Å²) < 4.78 is 23.4. The van der Waals surface area contributed by atoms with Gasteiger partial charge in [0.25, 0.3) is 0 Å². The van der Waals surface area contributed by atoms with Gasteiger partial charge in [0, 0.05) is 32.8 Å². The lowest BCUT2D eigenvalue weighted by Gasteiger charge is -2.30. The average Bonchev–Trinajstić information content (AvgIpc) is 2.59. The molecule has 0 aliphatic rings. The lowest BCUT2D eigenvalue weighted by Crippen LogP contribution is -2.40. The number of esters is 1. The number of ether oxygens (including phenoxy) is 1. The second-order valence-corrected chi connectivity index (χ2v) is 10.3. The Morgan fingerprint density at radius 2 is 1.62 bits per heavy atom. The molecule has 0 N–H and O–H groups in total. The minimum absolute atomic E-state index is 0.0911. The second kappa shape index (κ2) is 13.6. The largest absolute Gasteiger partial charge is 0.459 e. The molecule has 0 fully saturated rings. The van der Waals surface area contributed by atoms with Crippen LogP contribution in [0.25, 0.3) is 0 Å². The molecule has 0 aromatic heterocycles. The van der Waals surface area contributed by atoms with Gasteiger partial charge in [0.2, 0.25) is 7.37 Å². The molecule has 0 rings (SSSR count). The molecule has 0 aliphatic carbocycles. The van der Waals surface area contributed by atoms with E-state index in [2.05, 4.69) is 13.2 Å². The number of aldehydes is 1. The molecule has 0 saturated heterocycles. The number of carbonyl (C=O) groups is 2. The van der Waals surface area contributed by atoms with Crippen LogP contribution in [0, 0.1) is 0 Å². The van der Waals surface area contributed by atoms with Crippen LogP contribution in [-0.2, 0) is 23.4 Å². The number of carbonyl (C=O) groups excluding carboxylic acids is 2. The molecule has 0 amide bonds. The van der Waals surface area contributed by atoms with Crippen molar-refractivity contribution in [1.29, 1.82) is 0 Å². The Morgan fingerprint density at radius 3 is 2.07 bits per heavy atom. The topological polar surface area (TPSA) is 79.4 Å². The third kappa shape index (κ3) is 14.1. The highest BCUT2D eigenvalue weighted by atomic mass is 31.2. The predicted octanol–water partition coefficient (Wildman–Crippen LogP) is 2.62. The first-order valence-corrected chi connectivity index (χ1v) is 12.0. The first-order chi connectivity index (χ1) is 13.5. The molecule has 0 aromatic carbocycles. The summed E-state index contributed by atoms with van der Waals surface area (Å²) in [6, 6.07) is 0. The first-order valence-electron chi connectivity index (χ1n) is 9.78. The van der Waals surface area contributed by atoms with Gasteiger partial charge in [-0.25, -0.2) is 0 Å². The molecule has 8 nitrogen and oxygen atoms in total. The zero-order chi connectivity index (χ0) is 22.5. The van der Waals surface area contributed by atoms with Crippen LogP contribution < -0.4 is 0 Å². The summed E-state index contributed by atoms with van der Waals surface area (Å²) in [5, 5.41) is 0. The van der Waals surface area contributed by atoms with E-state index in [0.717, 1.165) is 6.29 Å². The van der Waals surface area contributed by atoms with Crippen LogP contribution in [0.15, 0.2) is 25.6 Å². The minimum atomic E-state index is -2.78. The Labute approximate surface area is 175 Å². The fourth-order valence-corrected chi connectivity index (χ4v) is 4.23. The van der Waals surface area contributed by atoms with E-state index in [4.69, 9.17) is 9.26 Å². The van der Waals surface area contributed by atoms with Gasteiger partial charge in [0.05, 0.1) is 19.4 Å². The molecule has 0 saturated carbocycles. The molecule has 0 aliphatic heterocycles. The van der Waals surface area contributed by atoms with Crippen LogP contribution >= 0.6 is 7.37 Å². The van der Waals surface area contributed by atoms with E-state index >= 15 is 0 Å². The molecular weight excluding hydrogens is 393 g/mol.